The third-order valence-electron chi connectivity index (χ3n) is 12.1. The molecule has 6 nitrogen and oxygen atoms in total. The second-order valence-corrected chi connectivity index (χ2v) is 39.1. The van der Waals surface area contributed by atoms with E-state index in [1.54, 1.807) is 0 Å². The number of hydrogen-bond donors (Lipinski definition) is 0. The average Bonchev–Trinajstić information content (AvgIpc) is 3.18. The number of para-hydroxylation sites is 6. The highest BCUT2D eigenvalue weighted by molar-refractivity contribution is 8.08. The quantitative estimate of drug-likeness (QED) is 0.129. The van der Waals surface area contributed by atoms with Crippen molar-refractivity contribution < 1.29 is 0 Å². The van der Waals surface area contributed by atoms with Gasteiger partial charge in [0, 0.05) is 34.3 Å². The molecule has 3 heterocycles. The standard InChI is InChI=1S/C18H28B2N2P2.C18H28N2P2.C8H4Cl2N2.C5H13BP/c1-17(2,3)23(7,19)15-16(24(8,20)18(4,5)6)22-14-12-10-9-11-13(14)21-15;1-17(2,3)21(7)15-16(22(8)18(4,5)6)20-14-12-10-9-11-13(14)19-15;9-7-8(10)12-6-4-2-1-3-5(6)11-7;1-5(2,3)7(4)6/h9-12H,1-8H3;9-12H,1-8H3;1-4H;7H,1-4H3/q+2;;;+1. The molecule has 0 fully saturated rings. The van der Waals surface area contributed by atoms with E-state index >= 15 is 0 Å². The molecule has 5 atom stereocenters. The summed E-state index contributed by atoms with van der Waals surface area (Å²) in [5, 5.41) is 1.24. The molecule has 0 N–H and O–H groups in total. The zero-order chi connectivity index (χ0) is 49.9. The minimum Gasteiger partial charge on any atom is -0.244 e. The van der Waals surface area contributed by atoms with Crippen molar-refractivity contribution in [2.24, 2.45) is 0 Å². The zero-order valence-corrected chi connectivity index (χ0v) is 49.0. The fourth-order valence-electron chi connectivity index (χ4n) is 5.26. The first-order valence-corrected chi connectivity index (χ1v) is 32.9. The van der Waals surface area contributed by atoms with Gasteiger partial charge in [0.2, 0.25) is 10.9 Å². The molecule has 0 amide bonds. The van der Waals surface area contributed by atoms with Gasteiger partial charge in [0.1, 0.15) is 0 Å². The fourth-order valence-corrected chi connectivity index (χ4v) is 13.0. The van der Waals surface area contributed by atoms with Crippen LogP contribution in [-0.4, -0.2) is 112 Å². The predicted molar refractivity (Wildman–Crippen MR) is 309 cm³/mol. The second-order valence-electron chi connectivity index (χ2n) is 21.9. The Morgan fingerprint density at radius 2 is 0.677 bits per heavy atom. The molecule has 0 aliphatic rings. The number of fused-ring (bicyclic) bond motifs is 3. The summed E-state index contributed by atoms with van der Waals surface area (Å²) in [6.45, 7) is 44.7. The maximum atomic E-state index is 6.92. The van der Waals surface area contributed by atoms with Gasteiger partial charge in [0.05, 0.1) is 59.4 Å². The Morgan fingerprint density at radius 3 is 0.877 bits per heavy atom. The molecule has 0 aliphatic heterocycles. The average molecular weight is 1000 g/mol. The van der Waals surface area contributed by atoms with Gasteiger partial charge in [-0.3, -0.25) is 0 Å². The zero-order valence-electron chi connectivity index (χ0n) is 42.9. The fraction of sp³-hybridized carbons (Fsp3) is 0.510. The Labute approximate surface area is 412 Å². The van der Waals surface area contributed by atoms with Crippen molar-refractivity contribution in [2.75, 3.05) is 33.3 Å². The Hall–Kier alpha value is -1.40. The van der Waals surface area contributed by atoms with Gasteiger partial charge in [0.15, 0.2) is 10.3 Å². The van der Waals surface area contributed by atoms with Crippen LogP contribution in [0.15, 0.2) is 72.8 Å². The minimum atomic E-state index is -2.01. The van der Waals surface area contributed by atoms with Crippen molar-refractivity contribution in [3.05, 3.63) is 83.1 Å². The maximum Gasteiger partial charge on any atom is 0.373 e. The van der Waals surface area contributed by atoms with Crippen molar-refractivity contribution >= 4 is 139 Å². The molecule has 3 aromatic carbocycles. The number of halogens is 2. The number of benzene rings is 3. The van der Waals surface area contributed by atoms with Gasteiger partial charge in [-0.05, 0) is 122 Å². The Morgan fingerprint density at radius 1 is 0.462 bits per heavy atom. The molecule has 0 saturated heterocycles. The van der Waals surface area contributed by atoms with Crippen LogP contribution in [0.1, 0.15) is 104 Å². The lowest BCUT2D eigenvalue weighted by atomic mass is 10.2. The summed E-state index contributed by atoms with van der Waals surface area (Å²) in [4.78, 5) is 28.2. The number of rotatable bonds is 4. The largest absolute Gasteiger partial charge is 0.373 e. The molecule has 0 spiro atoms. The molecule has 6 aromatic rings. The van der Waals surface area contributed by atoms with E-state index in [1.807, 2.05) is 60.7 Å². The van der Waals surface area contributed by atoms with Crippen molar-refractivity contribution in [2.45, 2.75) is 130 Å². The summed E-state index contributed by atoms with van der Waals surface area (Å²) < 4.78 is 0. The van der Waals surface area contributed by atoms with Gasteiger partial charge in [-0.15, -0.1) is 0 Å². The topological polar surface area (TPSA) is 77.3 Å². The van der Waals surface area contributed by atoms with Crippen LogP contribution in [0, 0.1) is 0 Å². The summed E-state index contributed by atoms with van der Waals surface area (Å²) >= 11 is 11.4. The van der Waals surface area contributed by atoms with E-state index in [0.29, 0.717) is 5.16 Å². The lowest BCUT2D eigenvalue weighted by Crippen LogP contribution is -2.44. The summed E-state index contributed by atoms with van der Waals surface area (Å²) in [7, 11) is 14.2. The molecule has 65 heavy (non-hydrogen) atoms. The molecule has 5 unspecified atom stereocenters. The van der Waals surface area contributed by atoms with E-state index in [0.717, 1.165) is 44.0 Å². The predicted octanol–water partition coefficient (Wildman–Crippen LogP) is 13.3. The van der Waals surface area contributed by atoms with E-state index in [1.165, 1.54) is 10.9 Å². The van der Waals surface area contributed by atoms with Crippen LogP contribution in [-0.2, 0) is 0 Å². The molecule has 0 bridgehead atoms. The third kappa shape index (κ3) is 15.1. The molecule has 6 radical (unpaired) electrons. The van der Waals surface area contributed by atoms with Crippen LogP contribution in [0.25, 0.3) is 33.1 Å². The van der Waals surface area contributed by atoms with Gasteiger partial charge in [0.25, 0.3) is 0 Å². The van der Waals surface area contributed by atoms with Gasteiger partial charge in [-0.2, -0.15) is 0 Å². The summed E-state index contributed by atoms with van der Waals surface area (Å²) in [5.41, 5.74) is 9.75. The normalized spacial score (nSPS) is 15.8. The first kappa shape index (κ1) is 57.9. The van der Waals surface area contributed by atoms with Crippen molar-refractivity contribution in [3.8, 4) is 0 Å². The lowest BCUT2D eigenvalue weighted by Gasteiger charge is -2.36. The smallest absolute Gasteiger partial charge is 0.244 e. The van der Waals surface area contributed by atoms with E-state index in [9.17, 15) is 0 Å². The van der Waals surface area contributed by atoms with Gasteiger partial charge in [-0.1, -0.05) is 125 Å². The van der Waals surface area contributed by atoms with Crippen molar-refractivity contribution in [1.82, 2.24) is 29.9 Å². The Kier molecular flexibility index (Phi) is 19.7. The minimum absolute atomic E-state index is 0.0588. The highest BCUT2D eigenvalue weighted by atomic mass is 35.5. The van der Waals surface area contributed by atoms with Crippen molar-refractivity contribution in [1.29, 1.82) is 0 Å². The highest BCUT2D eigenvalue weighted by Crippen LogP contribution is 2.65. The van der Waals surface area contributed by atoms with Crippen LogP contribution in [0.3, 0.4) is 0 Å². The monoisotopic (exact) mass is 1000 g/mol. The molecule has 0 aliphatic carbocycles. The highest BCUT2D eigenvalue weighted by Gasteiger charge is 2.53. The van der Waals surface area contributed by atoms with Crippen LogP contribution in [0.4, 0.5) is 0 Å². The van der Waals surface area contributed by atoms with Crippen LogP contribution in [0.2, 0.25) is 10.3 Å². The molecule has 0 saturated carbocycles. The molecule has 344 valence electrons. The lowest BCUT2D eigenvalue weighted by molar-refractivity contribution is 0.784. The van der Waals surface area contributed by atoms with Gasteiger partial charge < -0.3 is 0 Å². The van der Waals surface area contributed by atoms with Gasteiger partial charge in [-0.25, -0.2) is 29.9 Å². The number of nitrogens with zero attached hydrogens (tertiary/aromatic N) is 6. The maximum absolute atomic E-state index is 6.92. The first-order valence-electron chi connectivity index (χ1n) is 21.9. The first-order chi connectivity index (χ1) is 29.4. The van der Waals surface area contributed by atoms with Crippen molar-refractivity contribution in [3.63, 3.8) is 0 Å². The Balaban J connectivity index is 0.000000250. The van der Waals surface area contributed by atoms with E-state index in [4.69, 9.17) is 65.8 Å². The van der Waals surface area contributed by atoms with E-state index in [-0.39, 0.29) is 46.8 Å². The summed E-state index contributed by atoms with van der Waals surface area (Å²) in [6, 6.07) is 23.7. The van der Waals surface area contributed by atoms with Crippen LogP contribution in [0.5, 0.6) is 0 Å². The second kappa shape index (κ2) is 22.1. The summed E-state index contributed by atoms with van der Waals surface area (Å²) in [5.74, 6) is 0. The molecule has 3 aromatic heterocycles. The Bertz CT molecular complexity index is 2380. The molecule has 6 rings (SSSR count). The van der Waals surface area contributed by atoms with Crippen LogP contribution < -0.4 is 21.7 Å². The number of hydrogen-bond acceptors (Lipinski definition) is 6. The van der Waals surface area contributed by atoms with E-state index in [2.05, 4.69) is 159 Å². The van der Waals surface area contributed by atoms with Gasteiger partial charge >= 0.3 is 22.7 Å². The van der Waals surface area contributed by atoms with E-state index < -0.39 is 22.1 Å². The SMILES string of the molecule is CP(c1nc2ccccc2nc1P(C)C(C)(C)C)C(C)(C)C.Clc1nc2ccccc2nc1Cl.[B][P+](C)(c1nc2ccccc2nc1[P+]([B])(C)C(C)(C)C)C(C)(C)C.[B][PH+](C)C(C)(C)C. The third-order valence-corrected chi connectivity index (χ3v) is 29.3. The summed E-state index contributed by atoms with van der Waals surface area (Å²) in [6.07, 6.45) is 0. The molecule has 16 heteroatoms. The number of aromatic nitrogens is 6. The molecular weight excluding hydrogens is 931 g/mol. The van der Waals surface area contributed by atoms with Crippen LogP contribution >= 0.6 is 61.1 Å². The molecular formula is C49H73B3Cl2N6P5+3.